The molecule has 352 valence electrons. The first-order valence-corrected chi connectivity index (χ1v) is 26.5. The Hall–Kier alpha value is -6.58. The average molecular weight is 923 g/mol. The molecule has 8 aromatic carbocycles. The molecule has 0 saturated heterocycles. The van der Waals surface area contributed by atoms with Crippen LogP contribution in [0.1, 0.15) is 134 Å². The predicted octanol–water partition coefficient (Wildman–Crippen LogP) is 17.0. The van der Waals surface area contributed by atoms with Crippen molar-refractivity contribution in [3.8, 4) is 44.5 Å². The van der Waals surface area contributed by atoms with Crippen molar-refractivity contribution >= 4 is 46.2 Å². The van der Waals surface area contributed by atoms with Gasteiger partial charge in [-0.3, -0.25) is 0 Å². The number of hydrogen-bond acceptors (Lipinski definition) is 2. The Bertz CT molecular complexity index is 3530. The Labute approximate surface area is 423 Å². The first-order chi connectivity index (χ1) is 33.9. The van der Waals surface area contributed by atoms with E-state index in [-0.39, 0.29) is 33.9 Å². The van der Waals surface area contributed by atoms with Crippen LogP contribution in [0.3, 0.4) is 0 Å². The molecule has 13 rings (SSSR count). The Morgan fingerprint density at radius 1 is 0.394 bits per heavy atom. The SMILES string of the molecule is Cc1cc2c(cc1N1c3cc(-c4ccccc4)ccc3B3c4c(cc(-c5ccccc5)cc41)-c1c(ccc4c1C(C)(C)c1ccccc1-4)N3c1ccc3c(c1)C(C)(C)CCC3(C)C)C(C)(C)CCC2(C)C. The van der Waals surface area contributed by atoms with Crippen LogP contribution in [-0.2, 0) is 27.1 Å². The number of fused-ring (bicyclic) bond motifs is 10. The molecule has 0 radical (unpaired) electrons. The van der Waals surface area contributed by atoms with E-state index in [1.165, 1.54) is 142 Å². The highest BCUT2D eigenvalue weighted by atomic mass is 15.2. The topological polar surface area (TPSA) is 6.48 Å². The molecule has 0 unspecified atom stereocenters. The summed E-state index contributed by atoms with van der Waals surface area (Å²) in [6.45, 7) is 26.9. The molecule has 0 fully saturated rings. The van der Waals surface area contributed by atoms with Crippen LogP contribution in [0, 0.1) is 6.92 Å². The van der Waals surface area contributed by atoms with Crippen LogP contribution in [0.5, 0.6) is 0 Å². The van der Waals surface area contributed by atoms with Crippen LogP contribution in [0.15, 0.2) is 158 Å². The van der Waals surface area contributed by atoms with Crippen molar-refractivity contribution < 1.29 is 0 Å². The molecular formula is C68H67BN2. The van der Waals surface area contributed by atoms with Crippen LogP contribution in [0.25, 0.3) is 44.5 Å². The summed E-state index contributed by atoms with van der Waals surface area (Å²) in [6, 6.07) is 61.6. The molecule has 0 bridgehead atoms. The molecule has 2 heterocycles. The molecule has 5 aliphatic rings. The molecule has 2 nitrogen and oxygen atoms in total. The third-order valence-electron chi connectivity index (χ3n) is 18.5. The Morgan fingerprint density at radius 3 is 1.65 bits per heavy atom. The summed E-state index contributed by atoms with van der Waals surface area (Å²) in [6.07, 6.45) is 4.70. The lowest BCUT2D eigenvalue weighted by molar-refractivity contribution is 0.332. The number of aryl methyl sites for hydroxylation is 1. The Kier molecular flexibility index (Phi) is 9.37. The lowest BCUT2D eigenvalue weighted by Crippen LogP contribution is -2.62. The van der Waals surface area contributed by atoms with E-state index in [1.807, 2.05) is 0 Å². The highest BCUT2D eigenvalue weighted by molar-refractivity contribution is 6.93. The number of benzene rings is 8. The first-order valence-electron chi connectivity index (χ1n) is 26.5. The Morgan fingerprint density at radius 2 is 0.972 bits per heavy atom. The smallest absolute Gasteiger partial charge is 0.333 e. The van der Waals surface area contributed by atoms with Gasteiger partial charge in [0.2, 0.25) is 0 Å². The van der Waals surface area contributed by atoms with Crippen molar-refractivity contribution in [3.05, 3.63) is 197 Å². The second-order valence-electron chi connectivity index (χ2n) is 25.1. The first kappa shape index (κ1) is 44.4. The molecule has 0 saturated carbocycles. The van der Waals surface area contributed by atoms with Gasteiger partial charge in [0.1, 0.15) is 0 Å². The predicted molar refractivity (Wildman–Crippen MR) is 304 cm³/mol. The fraction of sp³-hybridized carbons (Fsp3) is 0.294. The van der Waals surface area contributed by atoms with Crippen molar-refractivity contribution in [2.24, 2.45) is 0 Å². The molecule has 0 spiro atoms. The monoisotopic (exact) mass is 923 g/mol. The summed E-state index contributed by atoms with van der Waals surface area (Å²) in [7, 11) is 0. The van der Waals surface area contributed by atoms with Crippen molar-refractivity contribution in [2.75, 3.05) is 9.71 Å². The maximum Gasteiger partial charge on any atom is 0.333 e. The quantitative estimate of drug-likeness (QED) is 0.162. The van der Waals surface area contributed by atoms with Gasteiger partial charge in [-0.05, 0) is 186 Å². The molecule has 0 atom stereocenters. The summed E-state index contributed by atoms with van der Waals surface area (Å²) in [5.74, 6) is 0. The zero-order chi connectivity index (χ0) is 49.1. The molecular weight excluding hydrogens is 856 g/mol. The second kappa shape index (κ2) is 15.0. The largest absolute Gasteiger partial charge is 0.376 e. The highest BCUT2D eigenvalue weighted by Gasteiger charge is 2.50. The molecule has 0 aromatic heterocycles. The summed E-state index contributed by atoms with van der Waals surface area (Å²) in [4.78, 5) is 5.49. The number of anilines is 5. The van der Waals surface area contributed by atoms with Crippen molar-refractivity contribution in [1.29, 1.82) is 0 Å². The van der Waals surface area contributed by atoms with Gasteiger partial charge in [-0.2, -0.15) is 0 Å². The summed E-state index contributed by atoms with van der Waals surface area (Å²) in [5, 5.41) is 0. The van der Waals surface area contributed by atoms with Crippen LogP contribution in [0.2, 0.25) is 0 Å². The Balaban J connectivity index is 1.19. The van der Waals surface area contributed by atoms with E-state index < -0.39 is 0 Å². The number of nitrogens with zero attached hydrogens (tertiary/aromatic N) is 2. The van der Waals surface area contributed by atoms with Crippen LogP contribution in [0.4, 0.5) is 28.4 Å². The molecule has 0 N–H and O–H groups in total. The standard InChI is InChI=1S/C68H67BN2/c1-42-36-53-55(67(8,9)35-34-65(53,4)5)41-58(42)70-59-38-45(43-20-14-12-15-21-43)26-30-56(59)69-63-50(37-46(39-60(63)70)44-22-16-13-17-23-44)61-57(31-28-49-48-24-18-19-25-51(48)68(10,11)62(49)61)71(69)47-27-29-52-54(40-47)66(6,7)33-32-64(52,2)3/h12-31,36-41H,32-35H2,1-11H3. The molecule has 8 aromatic rings. The van der Waals surface area contributed by atoms with Gasteiger partial charge in [0.25, 0.3) is 0 Å². The zero-order valence-corrected chi connectivity index (χ0v) is 43.8. The van der Waals surface area contributed by atoms with Crippen LogP contribution >= 0.6 is 0 Å². The van der Waals surface area contributed by atoms with Crippen LogP contribution < -0.4 is 20.6 Å². The van der Waals surface area contributed by atoms with E-state index >= 15 is 0 Å². The van der Waals surface area contributed by atoms with Gasteiger partial charge in [0, 0.05) is 39.4 Å². The third-order valence-corrected chi connectivity index (χ3v) is 18.5. The number of rotatable bonds is 4. The van der Waals surface area contributed by atoms with Gasteiger partial charge in [0.05, 0.1) is 0 Å². The summed E-state index contributed by atoms with van der Waals surface area (Å²) >= 11 is 0. The van der Waals surface area contributed by atoms with Crippen molar-refractivity contribution in [3.63, 3.8) is 0 Å². The van der Waals surface area contributed by atoms with Crippen LogP contribution in [-0.4, -0.2) is 6.85 Å². The van der Waals surface area contributed by atoms with E-state index in [2.05, 4.69) is 244 Å². The fourth-order valence-electron chi connectivity index (χ4n) is 14.1. The van der Waals surface area contributed by atoms with Crippen molar-refractivity contribution in [1.82, 2.24) is 0 Å². The van der Waals surface area contributed by atoms with E-state index in [9.17, 15) is 0 Å². The molecule has 0 amide bonds. The lowest BCUT2D eigenvalue weighted by atomic mass is 9.43. The fourth-order valence-corrected chi connectivity index (χ4v) is 14.1. The van der Waals surface area contributed by atoms with E-state index in [1.54, 1.807) is 0 Å². The minimum absolute atomic E-state index is 0.0390. The third kappa shape index (κ3) is 6.40. The summed E-state index contributed by atoms with van der Waals surface area (Å²) < 4.78 is 0. The van der Waals surface area contributed by atoms with E-state index in [0.29, 0.717) is 0 Å². The van der Waals surface area contributed by atoms with E-state index in [4.69, 9.17) is 0 Å². The second-order valence-corrected chi connectivity index (χ2v) is 25.1. The maximum absolute atomic E-state index is 2.78. The minimum Gasteiger partial charge on any atom is -0.376 e. The van der Waals surface area contributed by atoms with Gasteiger partial charge in [0.15, 0.2) is 0 Å². The van der Waals surface area contributed by atoms with E-state index in [0.717, 1.165) is 6.42 Å². The molecule has 3 aliphatic carbocycles. The summed E-state index contributed by atoms with van der Waals surface area (Å²) in [5.41, 5.74) is 29.5. The van der Waals surface area contributed by atoms with Gasteiger partial charge in [-0.1, -0.05) is 184 Å². The lowest BCUT2D eigenvalue weighted by Gasteiger charge is -2.48. The number of hydrogen-bond donors (Lipinski definition) is 0. The van der Waals surface area contributed by atoms with Gasteiger partial charge >= 0.3 is 6.85 Å². The van der Waals surface area contributed by atoms with Crippen molar-refractivity contribution in [2.45, 2.75) is 129 Å². The maximum atomic E-state index is 2.78. The molecule has 71 heavy (non-hydrogen) atoms. The van der Waals surface area contributed by atoms with Gasteiger partial charge in [-0.25, -0.2) is 0 Å². The zero-order valence-electron chi connectivity index (χ0n) is 43.8. The average Bonchev–Trinajstić information content (AvgIpc) is 3.60. The normalized spacial score (nSPS) is 18.6. The van der Waals surface area contributed by atoms with Gasteiger partial charge in [-0.15, -0.1) is 0 Å². The minimum atomic E-state index is -0.238. The highest BCUT2D eigenvalue weighted by Crippen LogP contribution is 2.59. The van der Waals surface area contributed by atoms with Gasteiger partial charge < -0.3 is 9.71 Å². The molecule has 2 aliphatic heterocycles. The molecule has 3 heteroatoms.